The lowest BCUT2D eigenvalue weighted by atomic mass is 10.1. The highest BCUT2D eigenvalue weighted by Gasteiger charge is 2.12. The molecule has 1 aromatic carbocycles. The molecule has 0 spiro atoms. The van der Waals surface area contributed by atoms with Crippen LogP contribution in [0, 0.1) is 0 Å². The maximum Gasteiger partial charge on any atom is 0.251 e. The molecule has 0 saturated carbocycles. The number of rotatable bonds is 3. The first kappa shape index (κ1) is 14.0. The van der Waals surface area contributed by atoms with E-state index in [1.165, 1.54) is 0 Å². The van der Waals surface area contributed by atoms with Crippen molar-refractivity contribution in [1.29, 1.82) is 0 Å². The molecule has 1 N–H and O–H groups in total. The molecule has 1 unspecified atom stereocenters. The molecule has 98 valence electrons. The Balaban J connectivity index is 2.11. The highest BCUT2D eigenvalue weighted by Crippen LogP contribution is 2.18. The third kappa shape index (κ3) is 3.78. The number of nitrogens with one attached hydrogen (secondary N) is 1. The molecule has 2 rings (SSSR count). The van der Waals surface area contributed by atoms with Crippen LogP contribution in [-0.2, 0) is 0 Å². The number of carbonyl (C=O) groups excluding carboxylic acids is 1. The topological polar surface area (TPSA) is 42.0 Å². The van der Waals surface area contributed by atoms with Crippen LogP contribution in [0.15, 0.2) is 47.2 Å². The first-order valence-electron chi connectivity index (χ1n) is 5.74. The van der Waals surface area contributed by atoms with Gasteiger partial charge in [0, 0.05) is 16.8 Å². The van der Waals surface area contributed by atoms with Crippen LogP contribution in [-0.4, -0.2) is 10.9 Å². The van der Waals surface area contributed by atoms with Crippen molar-refractivity contribution in [2.24, 2.45) is 0 Å². The Hall–Kier alpha value is -1.39. The normalized spacial score (nSPS) is 11.9. The number of hydrogen-bond acceptors (Lipinski definition) is 2. The Kier molecular flexibility index (Phi) is 4.56. The van der Waals surface area contributed by atoms with Gasteiger partial charge >= 0.3 is 0 Å². The Morgan fingerprint density at radius 2 is 2.16 bits per heavy atom. The van der Waals surface area contributed by atoms with Crippen molar-refractivity contribution in [2.45, 2.75) is 13.0 Å². The first-order chi connectivity index (χ1) is 9.06. The van der Waals surface area contributed by atoms with Crippen molar-refractivity contribution >= 4 is 33.4 Å². The number of amides is 1. The van der Waals surface area contributed by atoms with E-state index in [2.05, 4.69) is 26.2 Å². The number of aromatic nitrogens is 1. The molecule has 0 aliphatic carbocycles. The standard InChI is InChI=1S/C14H12BrClN2O/c1-9(10-3-2-4-12(16)7-10)18-14(19)11-5-6-17-13(15)8-11/h2-9H,1H3,(H,18,19). The largest absolute Gasteiger partial charge is 0.346 e. The summed E-state index contributed by atoms with van der Waals surface area (Å²) in [6, 6.07) is 10.7. The minimum Gasteiger partial charge on any atom is -0.346 e. The zero-order valence-corrected chi connectivity index (χ0v) is 12.6. The lowest BCUT2D eigenvalue weighted by Crippen LogP contribution is -2.26. The highest BCUT2D eigenvalue weighted by molar-refractivity contribution is 9.10. The molecular formula is C14H12BrClN2O. The predicted octanol–water partition coefficient (Wildman–Crippen LogP) is 3.99. The van der Waals surface area contributed by atoms with Crippen LogP contribution in [0.4, 0.5) is 0 Å². The van der Waals surface area contributed by atoms with Gasteiger partial charge in [-0.1, -0.05) is 23.7 Å². The third-order valence-corrected chi connectivity index (χ3v) is 3.35. The Morgan fingerprint density at radius 1 is 1.37 bits per heavy atom. The van der Waals surface area contributed by atoms with E-state index in [0.717, 1.165) is 5.56 Å². The van der Waals surface area contributed by atoms with Crippen molar-refractivity contribution in [3.8, 4) is 0 Å². The molecule has 0 saturated heterocycles. The second-order valence-corrected chi connectivity index (χ2v) is 5.37. The highest BCUT2D eigenvalue weighted by atomic mass is 79.9. The van der Waals surface area contributed by atoms with Gasteiger partial charge in [0.2, 0.25) is 0 Å². The van der Waals surface area contributed by atoms with Gasteiger partial charge in [-0.15, -0.1) is 0 Å². The van der Waals surface area contributed by atoms with Crippen molar-refractivity contribution in [2.75, 3.05) is 0 Å². The van der Waals surface area contributed by atoms with Crippen LogP contribution in [0.25, 0.3) is 0 Å². The molecule has 1 aromatic heterocycles. The van der Waals surface area contributed by atoms with Gasteiger partial charge in [0.05, 0.1) is 6.04 Å². The molecule has 0 aliphatic heterocycles. The van der Waals surface area contributed by atoms with E-state index in [1.807, 2.05) is 25.1 Å². The summed E-state index contributed by atoms with van der Waals surface area (Å²) in [6.07, 6.45) is 1.59. The molecular weight excluding hydrogens is 328 g/mol. The van der Waals surface area contributed by atoms with Crippen LogP contribution in [0.2, 0.25) is 5.02 Å². The van der Waals surface area contributed by atoms with E-state index in [1.54, 1.807) is 24.4 Å². The van der Waals surface area contributed by atoms with Gasteiger partial charge in [0.15, 0.2) is 0 Å². The van der Waals surface area contributed by atoms with E-state index in [9.17, 15) is 4.79 Å². The SMILES string of the molecule is CC(NC(=O)c1ccnc(Br)c1)c1cccc(Cl)c1. The van der Waals surface area contributed by atoms with Crippen LogP contribution < -0.4 is 5.32 Å². The molecule has 0 radical (unpaired) electrons. The fourth-order valence-electron chi connectivity index (χ4n) is 1.68. The lowest BCUT2D eigenvalue weighted by molar-refractivity contribution is 0.0939. The predicted molar refractivity (Wildman–Crippen MR) is 79.3 cm³/mol. The molecule has 1 atom stereocenters. The minimum absolute atomic E-state index is 0.113. The number of halogens is 2. The molecule has 3 nitrogen and oxygen atoms in total. The Bertz CT molecular complexity index is 604. The molecule has 1 amide bonds. The van der Waals surface area contributed by atoms with E-state index in [0.29, 0.717) is 15.2 Å². The third-order valence-electron chi connectivity index (χ3n) is 2.69. The van der Waals surface area contributed by atoms with Crippen molar-refractivity contribution in [3.05, 3.63) is 63.3 Å². The number of carbonyl (C=O) groups is 1. The van der Waals surface area contributed by atoms with Crippen molar-refractivity contribution in [3.63, 3.8) is 0 Å². The van der Waals surface area contributed by atoms with Gasteiger partial charge in [0.1, 0.15) is 4.60 Å². The van der Waals surface area contributed by atoms with Crippen LogP contribution in [0.5, 0.6) is 0 Å². The zero-order valence-electron chi connectivity index (χ0n) is 10.2. The van der Waals surface area contributed by atoms with Crippen LogP contribution in [0.3, 0.4) is 0 Å². The molecule has 1 heterocycles. The van der Waals surface area contributed by atoms with Crippen molar-refractivity contribution in [1.82, 2.24) is 10.3 Å². The van der Waals surface area contributed by atoms with Gasteiger partial charge in [-0.05, 0) is 52.7 Å². The molecule has 0 bridgehead atoms. The molecule has 0 aliphatic rings. The van der Waals surface area contributed by atoms with Crippen LogP contribution >= 0.6 is 27.5 Å². The van der Waals surface area contributed by atoms with Gasteiger partial charge in [0.25, 0.3) is 5.91 Å². The quantitative estimate of drug-likeness (QED) is 0.859. The molecule has 19 heavy (non-hydrogen) atoms. The fraction of sp³-hybridized carbons (Fsp3) is 0.143. The van der Waals surface area contributed by atoms with Crippen LogP contribution in [0.1, 0.15) is 28.9 Å². The van der Waals surface area contributed by atoms with Gasteiger partial charge in [-0.25, -0.2) is 4.98 Å². The second kappa shape index (κ2) is 6.17. The van der Waals surface area contributed by atoms with Gasteiger partial charge in [-0.3, -0.25) is 4.79 Å². The first-order valence-corrected chi connectivity index (χ1v) is 6.91. The molecule has 0 fully saturated rings. The zero-order chi connectivity index (χ0) is 13.8. The second-order valence-electron chi connectivity index (χ2n) is 4.12. The summed E-state index contributed by atoms with van der Waals surface area (Å²) < 4.78 is 0.635. The maximum absolute atomic E-state index is 12.1. The minimum atomic E-state index is -0.143. The summed E-state index contributed by atoms with van der Waals surface area (Å²) >= 11 is 9.18. The van der Waals surface area contributed by atoms with Gasteiger partial charge < -0.3 is 5.32 Å². The summed E-state index contributed by atoms with van der Waals surface area (Å²) in [4.78, 5) is 16.1. The van der Waals surface area contributed by atoms with E-state index in [-0.39, 0.29) is 11.9 Å². The molecule has 5 heteroatoms. The van der Waals surface area contributed by atoms with E-state index in [4.69, 9.17) is 11.6 Å². The van der Waals surface area contributed by atoms with Crippen molar-refractivity contribution < 1.29 is 4.79 Å². The lowest BCUT2D eigenvalue weighted by Gasteiger charge is -2.14. The smallest absolute Gasteiger partial charge is 0.251 e. The van der Waals surface area contributed by atoms with Gasteiger partial charge in [-0.2, -0.15) is 0 Å². The molecule has 2 aromatic rings. The maximum atomic E-state index is 12.1. The number of nitrogens with zero attached hydrogens (tertiary/aromatic N) is 1. The summed E-state index contributed by atoms with van der Waals surface area (Å²) in [6.45, 7) is 1.92. The average molecular weight is 340 g/mol. The van der Waals surface area contributed by atoms with E-state index < -0.39 is 0 Å². The summed E-state index contributed by atoms with van der Waals surface area (Å²) in [5.74, 6) is -0.143. The number of hydrogen-bond donors (Lipinski definition) is 1. The fourth-order valence-corrected chi connectivity index (χ4v) is 2.25. The number of benzene rings is 1. The monoisotopic (exact) mass is 338 g/mol. The Morgan fingerprint density at radius 3 is 2.84 bits per heavy atom. The Labute approximate surface area is 125 Å². The summed E-state index contributed by atoms with van der Waals surface area (Å²) in [5.41, 5.74) is 1.53. The van der Waals surface area contributed by atoms with E-state index >= 15 is 0 Å². The average Bonchev–Trinajstić information content (AvgIpc) is 2.38. The summed E-state index contributed by atoms with van der Waals surface area (Å²) in [5, 5.41) is 3.58. The summed E-state index contributed by atoms with van der Waals surface area (Å²) in [7, 11) is 0. The number of pyridine rings is 1.